The van der Waals surface area contributed by atoms with Gasteiger partial charge in [0.05, 0.1) is 5.52 Å². The number of aryl methyl sites for hydroxylation is 3. The van der Waals surface area contributed by atoms with Crippen molar-refractivity contribution in [3.05, 3.63) is 63.5 Å². The first kappa shape index (κ1) is 16.5. The Kier molecular flexibility index (Phi) is 4.53. The van der Waals surface area contributed by atoms with Gasteiger partial charge >= 0.3 is 0 Å². The lowest BCUT2D eigenvalue weighted by molar-refractivity contribution is 0.309. The molecule has 0 atom stereocenters. The monoisotopic (exact) mass is 324 g/mol. The number of benzene rings is 1. The number of hydrogen-bond donors (Lipinski definition) is 1. The molecular weight excluding hydrogens is 300 g/mol. The maximum atomic E-state index is 12.4. The van der Waals surface area contributed by atoms with Crippen molar-refractivity contribution in [3.8, 4) is 0 Å². The van der Waals surface area contributed by atoms with Crippen LogP contribution in [0.5, 0.6) is 0 Å². The minimum absolute atomic E-state index is 0.000106. The fraction of sp³-hybridized carbons (Fsp3) is 0.368. The van der Waals surface area contributed by atoms with Crippen LogP contribution in [-0.2, 0) is 13.1 Å². The summed E-state index contributed by atoms with van der Waals surface area (Å²) in [4.78, 5) is 21.8. The zero-order valence-corrected chi connectivity index (χ0v) is 14.8. The molecule has 0 aliphatic heterocycles. The van der Waals surface area contributed by atoms with Crippen molar-refractivity contribution in [3.63, 3.8) is 0 Å². The van der Waals surface area contributed by atoms with E-state index in [0.717, 1.165) is 40.9 Å². The molecule has 0 amide bonds. The van der Waals surface area contributed by atoms with E-state index < -0.39 is 0 Å². The lowest BCUT2D eigenvalue weighted by Crippen LogP contribution is -2.26. The fourth-order valence-electron chi connectivity index (χ4n) is 3.14. The number of hydrogen-bond acceptors (Lipinski definition) is 3. The minimum atomic E-state index is 0.000106. The molecule has 0 aliphatic rings. The largest absolute Gasteiger partial charge is 0.334 e. The molecule has 0 bridgehead atoms. The SMILES string of the molecule is Cc1cc(C)c2[nH]c(=O)c(CN(C)CCn3ccnc3C)cc2c1. The number of nitrogens with zero attached hydrogens (tertiary/aromatic N) is 3. The van der Waals surface area contributed by atoms with E-state index >= 15 is 0 Å². The summed E-state index contributed by atoms with van der Waals surface area (Å²) in [5.41, 5.74) is 4.06. The van der Waals surface area contributed by atoms with E-state index in [1.807, 2.05) is 39.4 Å². The fourth-order valence-corrected chi connectivity index (χ4v) is 3.14. The molecule has 0 radical (unpaired) electrons. The molecule has 3 rings (SSSR count). The number of imidazole rings is 1. The number of fused-ring (bicyclic) bond motifs is 1. The van der Waals surface area contributed by atoms with Crippen molar-refractivity contribution in [2.24, 2.45) is 0 Å². The second-order valence-corrected chi connectivity index (χ2v) is 6.58. The highest BCUT2D eigenvalue weighted by molar-refractivity contribution is 5.82. The van der Waals surface area contributed by atoms with Crippen molar-refractivity contribution in [1.29, 1.82) is 0 Å². The quantitative estimate of drug-likeness (QED) is 0.785. The lowest BCUT2D eigenvalue weighted by Gasteiger charge is -2.17. The molecule has 0 fully saturated rings. The van der Waals surface area contributed by atoms with Gasteiger partial charge in [0, 0.05) is 37.6 Å². The minimum Gasteiger partial charge on any atom is -0.334 e. The standard InChI is InChI=1S/C19H24N4O/c1-13-9-14(2)18-16(10-13)11-17(19(24)21-18)12-22(4)7-8-23-6-5-20-15(23)3/h5-6,9-11H,7-8,12H2,1-4H3,(H,21,24). The smallest absolute Gasteiger partial charge is 0.252 e. The van der Waals surface area contributed by atoms with E-state index in [9.17, 15) is 4.79 Å². The summed E-state index contributed by atoms with van der Waals surface area (Å²) in [5, 5.41) is 1.10. The molecule has 3 aromatic rings. The molecule has 1 N–H and O–H groups in total. The summed E-state index contributed by atoms with van der Waals surface area (Å²) in [6.45, 7) is 8.47. The molecule has 0 spiro atoms. The number of H-pyrrole nitrogens is 1. The van der Waals surface area contributed by atoms with Crippen LogP contribution in [0.1, 0.15) is 22.5 Å². The van der Waals surface area contributed by atoms with Crippen LogP contribution in [0.3, 0.4) is 0 Å². The Morgan fingerprint density at radius 2 is 2.00 bits per heavy atom. The number of nitrogens with one attached hydrogen (secondary N) is 1. The highest BCUT2D eigenvalue weighted by Crippen LogP contribution is 2.18. The van der Waals surface area contributed by atoms with Crippen molar-refractivity contribution in [2.45, 2.75) is 33.9 Å². The Bertz CT molecular complexity index is 923. The summed E-state index contributed by atoms with van der Waals surface area (Å²) < 4.78 is 2.12. The van der Waals surface area contributed by atoms with Gasteiger partial charge in [-0.05, 0) is 50.9 Å². The van der Waals surface area contributed by atoms with Gasteiger partial charge in [-0.15, -0.1) is 0 Å². The second kappa shape index (κ2) is 6.61. The molecular formula is C19H24N4O. The average molecular weight is 324 g/mol. The molecule has 2 heterocycles. The van der Waals surface area contributed by atoms with Crippen LogP contribution in [0.2, 0.25) is 0 Å². The molecule has 5 heteroatoms. The third-order valence-electron chi connectivity index (χ3n) is 4.46. The van der Waals surface area contributed by atoms with Gasteiger partial charge in [0.15, 0.2) is 0 Å². The van der Waals surface area contributed by atoms with Crippen LogP contribution in [0.15, 0.2) is 35.4 Å². The zero-order chi connectivity index (χ0) is 17.3. The topological polar surface area (TPSA) is 53.9 Å². The van der Waals surface area contributed by atoms with E-state index in [2.05, 4.69) is 38.5 Å². The van der Waals surface area contributed by atoms with Crippen LogP contribution in [0.4, 0.5) is 0 Å². The third-order valence-corrected chi connectivity index (χ3v) is 4.46. The molecule has 0 aliphatic carbocycles. The van der Waals surface area contributed by atoms with Crippen molar-refractivity contribution >= 4 is 10.9 Å². The Morgan fingerprint density at radius 3 is 2.71 bits per heavy atom. The molecule has 5 nitrogen and oxygen atoms in total. The molecule has 2 aromatic heterocycles. The van der Waals surface area contributed by atoms with Gasteiger partial charge in [-0.3, -0.25) is 4.79 Å². The number of pyridine rings is 1. The van der Waals surface area contributed by atoms with Gasteiger partial charge in [-0.1, -0.05) is 11.6 Å². The summed E-state index contributed by atoms with van der Waals surface area (Å²) in [5.74, 6) is 1.01. The van der Waals surface area contributed by atoms with Crippen LogP contribution in [-0.4, -0.2) is 33.0 Å². The number of likely N-dealkylation sites (N-methyl/N-ethyl adjacent to an activating group) is 1. The number of rotatable bonds is 5. The summed E-state index contributed by atoms with van der Waals surface area (Å²) in [7, 11) is 2.04. The van der Waals surface area contributed by atoms with Gasteiger partial charge in [0.1, 0.15) is 5.82 Å². The second-order valence-electron chi connectivity index (χ2n) is 6.58. The highest BCUT2D eigenvalue weighted by Gasteiger charge is 2.09. The van der Waals surface area contributed by atoms with Crippen LogP contribution >= 0.6 is 0 Å². The van der Waals surface area contributed by atoms with Crippen LogP contribution in [0, 0.1) is 20.8 Å². The highest BCUT2D eigenvalue weighted by atomic mass is 16.1. The Morgan fingerprint density at radius 1 is 1.21 bits per heavy atom. The third kappa shape index (κ3) is 3.41. The lowest BCUT2D eigenvalue weighted by atomic mass is 10.1. The van der Waals surface area contributed by atoms with E-state index in [0.29, 0.717) is 6.54 Å². The van der Waals surface area contributed by atoms with Crippen LogP contribution in [0.25, 0.3) is 10.9 Å². The molecule has 24 heavy (non-hydrogen) atoms. The van der Waals surface area contributed by atoms with Gasteiger partial charge in [0.2, 0.25) is 0 Å². The maximum Gasteiger partial charge on any atom is 0.252 e. The van der Waals surface area contributed by atoms with E-state index in [-0.39, 0.29) is 5.56 Å². The zero-order valence-electron chi connectivity index (χ0n) is 14.8. The average Bonchev–Trinajstić information content (AvgIpc) is 2.92. The van der Waals surface area contributed by atoms with Crippen molar-refractivity contribution in [2.75, 3.05) is 13.6 Å². The van der Waals surface area contributed by atoms with Gasteiger partial charge < -0.3 is 14.5 Å². The predicted octanol–water partition coefficient (Wildman–Crippen LogP) is 2.78. The Labute approximate surface area is 142 Å². The molecule has 0 saturated heterocycles. The van der Waals surface area contributed by atoms with Crippen molar-refractivity contribution < 1.29 is 0 Å². The summed E-state index contributed by atoms with van der Waals surface area (Å²) in [6.07, 6.45) is 3.80. The molecule has 126 valence electrons. The van der Waals surface area contributed by atoms with E-state index in [1.54, 1.807) is 0 Å². The molecule has 1 aromatic carbocycles. The molecule has 0 unspecified atom stereocenters. The van der Waals surface area contributed by atoms with Gasteiger partial charge in [0.25, 0.3) is 5.56 Å². The number of aromatic nitrogens is 3. The maximum absolute atomic E-state index is 12.4. The first-order valence-corrected chi connectivity index (χ1v) is 8.23. The van der Waals surface area contributed by atoms with E-state index in [1.165, 1.54) is 5.56 Å². The first-order chi connectivity index (χ1) is 11.4. The van der Waals surface area contributed by atoms with Gasteiger partial charge in [-0.25, -0.2) is 4.98 Å². The summed E-state index contributed by atoms with van der Waals surface area (Å²) >= 11 is 0. The normalized spacial score (nSPS) is 11.5. The van der Waals surface area contributed by atoms with Crippen LogP contribution < -0.4 is 5.56 Å². The van der Waals surface area contributed by atoms with Gasteiger partial charge in [-0.2, -0.15) is 0 Å². The van der Waals surface area contributed by atoms with Crippen molar-refractivity contribution in [1.82, 2.24) is 19.4 Å². The Balaban J connectivity index is 1.78. The number of aromatic amines is 1. The first-order valence-electron chi connectivity index (χ1n) is 8.23. The predicted molar refractivity (Wildman–Crippen MR) is 97.3 cm³/mol. The summed E-state index contributed by atoms with van der Waals surface area (Å²) in [6, 6.07) is 6.24. The molecule has 0 saturated carbocycles. The van der Waals surface area contributed by atoms with E-state index in [4.69, 9.17) is 0 Å². The Hall–Kier alpha value is -2.40.